The van der Waals surface area contributed by atoms with Gasteiger partial charge in [0.2, 0.25) is 0 Å². The average Bonchev–Trinajstić information content (AvgIpc) is 2.74. The van der Waals surface area contributed by atoms with E-state index in [-0.39, 0.29) is 11.3 Å². The second-order valence-electron chi connectivity index (χ2n) is 7.28. The normalized spacial score (nSPS) is 11.1. The number of phenols is 1. The number of para-hydroxylation sites is 1. The van der Waals surface area contributed by atoms with Crippen molar-refractivity contribution in [2.24, 2.45) is 5.92 Å². The van der Waals surface area contributed by atoms with Crippen LogP contribution in [0, 0.1) is 5.92 Å². The molecule has 0 aromatic heterocycles. The highest BCUT2D eigenvalue weighted by atomic mass is 16.5. The summed E-state index contributed by atoms with van der Waals surface area (Å²) in [4.78, 5) is 24.2. The topological polar surface area (TPSA) is 87.1 Å². The summed E-state index contributed by atoms with van der Waals surface area (Å²) >= 11 is 0. The number of rotatable bonds is 9. The Morgan fingerprint density at radius 1 is 1.03 bits per heavy atom. The summed E-state index contributed by atoms with van der Waals surface area (Å²) in [5.41, 5.74) is 1.56. The summed E-state index contributed by atoms with van der Waals surface area (Å²) in [6, 6.07) is 13.2. The molecule has 0 bridgehead atoms. The van der Waals surface area contributed by atoms with E-state index in [9.17, 15) is 14.7 Å². The molecule has 0 saturated carbocycles. The predicted molar refractivity (Wildman–Crippen MR) is 119 cm³/mol. The van der Waals surface area contributed by atoms with E-state index in [1.807, 2.05) is 19.0 Å². The van der Waals surface area contributed by atoms with E-state index in [0.717, 1.165) is 31.4 Å². The number of unbranched alkanes of at least 4 members (excludes halogenated alkanes) is 1. The van der Waals surface area contributed by atoms with Crippen LogP contribution in [-0.4, -0.2) is 42.9 Å². The average molecular weight is 416 g/mol. The zero-order valence-corrected chi connectivity index (χ0v) is 18.3. The molecular formula is C24H33NO5. The standard InChI is InChI=1S/C15H22O3.C9H11NO2/c1-3-5-8-12(4-2)11-18-15(17)13-9-6-7-10-14(13)16;1-10(2)8-5-3-7(4-6-8)9(11)12/h6-7,9-10,12,16H,3-5,8,11H2,1-2H3;3-6H,1-2H3,(H,11,12). The minimum atomic E-state index is -0.889. The number of carboxylic acids is 1. The molecule has 2 aromatic carbocycles. The van der Waals surface area contributed by atoms with Crippen molar-refractivity contribution in [3.8, 4) is 5.75 Å². The van der Waals surface area contributed by atoms with Gasteiger partial charge >= 0.3 is 11.9 Å². The van der Waals surface area contributed by atoms with Gasteiger partial charge in [0.15, 0.2) is 0 Å². The van der Waals surface area contributed by atoms with Crippen LogP contribution in [0.5, 0.6) is 5.75 Å². The minimum absolute atomic E-state index is 0.0240. The van der Waals surface area contributed by atoms with Crippen LogP contribution in [0.2, 0.25) is 0 Å². The van der Waals surface area contributed by atoms with Crippen LogP contribution in [0.4, 0.5) is 5.69 Å². The molecule has 0 radical (unpaired) electrons. The quantitative estimate of drug-likeness (QED) is 0.546. The molecule has 0 heterocycles. The molecule has 0 aliphatic carbocycles. The maximum absolute atomic E-state index is 11.8. The number of ether oxygens (including phenoxy) is 1. The van der Waals surface area contributed by atoms with Gasteiger partial charge in [-0.05, 0) is 48.7 Å². The molecule has 0 aliphatic rings. The number of phenolic OH excluding ortho intramolecular Hbond substituents is 1. The SMILES string of the molecule is CCCCC(CC)COC(=O)c1ccccc1O.CN(C)c1ccc(C(=O)O)cc1. The summed E-state index contributed by atoms with van der Waals surface area (Å²) in [5.74, 6) is -0.938. The fourth-order valence-electron chi connectivity index (χ4n) is 2.72. The van der Waals surface area contributed by atoms with Gasteiger partial charge in [-0.3, -0.25) is 0 Å². The Kier molecular flexibility index (Phi) is 11.0. The Balaban J connectivity index is 0.000000325. The summed E-state index contributed by atoms with van der Waals surface area (Å²) < 4.78 is 5.26. The fourth-order valence-corrected chi connectivity index (χ4v) is 2.72. The summed E-state index contributed by atoms with van der Waals surface area (Å²) in [6.45, 7) is 4.69. The lowest BCUT2D eigenvalue weighted by Crippen LogP contribution is -2.14. The molecule has 0 amide bonds. The summed E-state index contributed by atoms with van der Waals surface area (Å²) in [5, 5.41) is 18.1. The third-order valence-corrected chi connectivity index (χ3v) is 4.75. The first-order valence-corrected chi connectivity index (χ1v) is 10.3. The minimum Gasteiger partial charge on any atom is -0.507 e. The Labute approximate surface area is 179 Å². The Hall–Kier alpha value is -3.02. The highest BCUT2D eigenvalue weighted by Gasteiger charge is 2.14. The van der Waals surface area contributed by atoms with Crippen molar-refractivity contribution in [2.75, 3.05) is 25.6 Å². The molecule has 0 spiro atoms. The molecule has 0 aliphatic heterocycles. The first-order chi connectivity index (χ1) is 14.3. The maximum atomic E-state index is 11.8. The molecule has 164 valence electrons. The van der Waals surface area contributed by atoms with Crippen molar-refractivity contribution < 1.29 is 24.5 Å². The molecule has 6 heteroatoms. The summed E-state index contributed by atoms with van der Waals surface area (Å²) in [7, 11) is 3.82. The number of carboxylic acid groups (broad SMARTS) is 1. The van der Waals surface area contributed by atoms with Crippen LogP contribution in [0.15, 0.2) is 48.5 Å². The molecule has 6 nitrogen and oxygen atoms in total. The van der Waals surface area contributed by atoms with Gasteiger partial charge in [0.05, 0.1) is 12.2 Å². The Morgan fingerprint density at radius 3 is 2.17 bits per heavy atom. The van der Waals surface area contributed by atoms with E-state index in [2.05, 4.69) is 13.8 Å². The molecular weight excluding hydrogens is 382 g/mol. The van der Waals surface area contributed by atoms with E-state index >= 15 is 0 Å². The van der Waals surface area contributed by atoms with Gasteiger partial charge in [-0.15, -0.1) is 0 Å². The van der Waals surface area contributed by atoms with Gasteiger partial charge in [-0.1, -0.05) is 45.2 Å². The Bertz CT molecular complexity index is 786. The molecule has 2 rings (SSSR count). The van der Waals surface area contributed by atoms with E-state index in [0.29, 0.717) is 18.1 Å². The molecule has 1 atom stereocenters. The van der Waals surface area contributed by atoms with E-state index in [1.165, 1.54) is 6.07 Å². The van der Waals surface area contributed by atoms with Gasteiger partial charge in [0.1, 0.15) is 11.3 Å². The van der Waals surface area contributed by atoms with Crippen LogP contribution in [0.25, 0.3) is 0 Å². The van der Waals surface area contributed by atoms with Crippen LogP contribution >= 0.6 is 0 Å². The number of nitrogens with zero attached hydrogens (tertiary/aromatic N) is 1. The van der Waals surface area contributed by atoms with E-state index in [1.54, 1.807) is 42.5 Å². The van der Waals surface area contributed by atoms with Gasteiger partial charge in [0.25, 0.3) is 0 Å². The van der Waals surface area contributed by atoms with Crippen LogP contribution in [0.1, 0.15) is 60.2 Å². The van der Waals surface area contributed by atoms with Crippen molar-refractivity contribution in [3.63, 3.8) is 0 Å². The Morgan fingerprint density at radius 2 is 1.67 bits per heavy atom. The largest absolute Gasteiger partial charge is 0.507 e. The maximum Gasteiger partial charge on any atom is 0.341 e. The van der Waals surface area contributed by atoms with Gasteiger partial charge < -0.3 is 19.8 Å². The number of hydrogen-bond donors (Lipinski definition) is 2. The molecule has 0 fully saturated rings. The van der Waals surface area contributed by atoms with Crippen LogP contribution in [0.3, 0.4) is 0 Å². The van der Waals surface area contributed by atoms with E-state index in [4.69, 9.17) is 9.84 Å². The molecule has 0 saturated heterocycles. The first-order valence-electron chi connectivity index (χ1n) is 10.3. The second-order valence-corrected chi connectivity index (χ2v) is 7.28. The highest BCUT2D eigenvalue weighted by Crippen LogP contribution is 2.18. The third kappa shape index (κ3) is 8.55. The fraction of sp³-hybridized carbons (Fsp3) is 0.417. The number of aromatic carboxylic acids is 1. The molecule has 2 aromatic rings. The number of esters is 1. The van der Waals surface area contributed by atoms with Crippen molar-refractivity contribution in [1.82, 2.24) is 0 Å². The number of benzene rings is 2. The van der Waals surface area contributed by atoms with Crippen LogP contribution in [-0.2, 0) is 4.74 Å². The van der Waals surface area contributed by atoms with Crippen molar-refractivity contribution in [3.05, 3.63) is 59.7 Å². The van der Waals surface area contributed by atoms with Crippen molar-refractivity contribution in [2.45, 2.75) is 39.5 Å². The third-order valence-electron chi connectivity index (χ3n) is 4.75. The molecule has 30 heavy (non-hydrogen) atoms. The number of anilines is 1. The lowest BCUT2D eigenvalue weighted by atomic mass is 10.0. The van der Waals surface area contributed by atoms with Crippen LogP contribution < -0.4 is 4.90 Å². The zero-order valence-electron chi connectivity index (χ0n) is 18.3. The lowest BCUT2D eigenvalue weighted by Gasteiger charge is -2.14. The van der Waals surface area contributed by atoms with Crippen molar-refractivity contribution >= 4 is 17.6 Å². The zero-order chi connectivity index (χ0) is 22.5. The monoisotopic (exact) mass is 415 g/mol. The smallest absolute Gasteiger partial charge is 0.341 e. The van der Waals surface area contributed by atoms with Gasteiger partial charge in [0, 0.05) is 19.8 Å². The van der Waals surface area contributed by atoms with Gasteiger partial charge in [-0.2, -0.15) is 0 Å². The summed E-state index contributed by atoms with van der Waals surface area (Å²) in [6.07, 6.45) is 4.41. The highest BCUT2D eigenvalue weighted by molar-refractivity contribution is 5.92. The van der Waals surface area contributed by atoms with Crippen molar-refractivity contribution in [1.29, 1.82) is 0 Å². The second kappa shape index (κ2) is 13.2. The van der Waals surface area contributed by atoms with E-state index < -0.39 is 11.9 Å². The number of aromatic hydroxyl groups is 1. The number of carbonyl (C=O) groups is 2. The number of hydrogen-bond acceptors (Lipinski definition) is 5. The molecule has 1 unspecified atom stereocenters. The predicted octanol–water partition coefficient (Wildman–Crippen LogP) is 5.22. The molecule has 2 N–H and O–H groups in total. The lowest BCUT2D eigenvalue weighted by molar-refractivity contribution is 0.0424. The van der Waals surface area contributed by atoms with Gasteiger partial charge in [-0.25, -0.2) is 9.59 Å². The first kappa shape index (κ1) is 25.0. The number of carbonyl (C=O) groups excluding carboxylic acids is 1.